The van der Waals surface area contributed by atoms with Gasteiger partial charge in [0.2, 0.25) is 5.91 Å². The zero-order valence-electron chi connectivity index (χ0n) is 15.6. The molecule has 1 amide bonds. The predicted octanol–water partition coefficient (Wildman–Crippen LogP) is 1.70. The molecule has 1 aliphatic heterocycles. The van der Waals surface area contributed by atoms with Crippen molar-refractivity contribution in [3.05, 3.63) is 47.3 Å². The molecule has 0 radical (unpaired) electrons. The Bertz CT molecular complexity index is 994. The molecule has 1 atom stereocenters. The highest BCUT2D eigenvalue weighted by molar-refractivity contribution is 7.90. The minimum absolute atomic E-state index is 0.122. The van der Waals surface area contributed by atoms with Crippen molar-refractivity contribution in [3.63, 3.8) is 0 Å². The van der Waals surface area contributed by atoms with Crippen molar-refractivity contribution in [2.24, 2.45) is 10.9 Å². The lowest BCUT2D eigenvalue weighted by Gasteiger charge is -2.23. The summed E-state index contributed by atoms with van der Waals surface area (Å²) in [4.78, 5) is 19.1. The molecular formula is C18H22N4O4S. The Morgan fingerprint density at radius 2 is 2.04 bits per heavy atom. The molecule has 2 heterocycles. The van der Waals surface area contributed by atoms with Crippen molar-refractivity contribution in [1.82, 2.24) is 14.8 Å². The zero-order chi connectivity index (χ0) is 19.8. The zero-order valence-corrected chi connectivity index (χ0v) is 16.4. The highest BCUT2D eigenvalue weighted by Gasteiger charge is 2.33. The maximum absolute atomic E-state index is 12.9. The van der Waals surface area contributed by atoms with Crippen LogP contribution in [0, 0.1) is 12.8 Å². The van der Waals surface area contributed by atoms with Crippen LogP contribution in [0.15, 0.2) is 44.7 Å². The molecule has 144 valence electrons. The summed E-state index contributed by atoms with van der Waals surface area (Å²) in [6, 6.07) is 7.62. The Hall–Kier alpha value is -2.68. The number of amidine groups is 1. The molecule has 9 heteroatoms. The number of nitrogens with zero attached hydrogens (tertiary/aromatic N) is 3. The van der Waals surface area contributed by atoms with E-state index in [1.54, 1.807) is 38.2 Å². The van der Waals surface area contributed by atoms with Crippen molar-refractivity contribution in [1.29, 1.82) is 0 Å². The lowest BCUT2D eigenvalue weighted by Crippen LogP contribution is -2.39. The number of nitrogens with one attached hydrogen (secondary N) is 1. The van der Waals surface area contributed by atoms with Gasteiger partial charge in [0.25, 0.3) is 10.0 Å². The number of amides is 1. The van der Waals surface area contributed by atoms with Gasteiger partial charge in [-0.05, 0) is 25.0 Å². The van der Waals surface area contributed by atoms with E-state index in [0.29, 0.717) is 17.0 Å². The van der Waals surface area contributed by atoms with Crippen molar-refractivity contribution >= 4 is 21.8 Å². The quantitative estimate of drug-likeness (QED) is 0.837. The smallest absolute Gasteiger partial charge is 0.263 e. The Morgan fingerprint density at radius 1 is 1.33 bits per heavy atom. The van der Waals surface area contributed by atoms with E-state index >= 15 is 0 Å². The van der Waals surface area contributed by atoms with E-state index in [1.807, 2.05) is 13.8 Å². The van der Waals surface area contributed by atoms with E-state index in [-0.39, 0.29) is 29.1 Å². The van der Waals surface area contributed by atoms with Crippen LogP contribution in [0.2, 0.25) is 0 Å². The summed E-state index contributed by atoms with van der Waals surface area (Å²) in [7, 11) is -1.98. The molecule has 0 bridgehead atoms. The van der Waals surface area contributed by atoms with Gasteiger partial charge in [0, 0.05) is 18.7 Å². The molecule has 2 aromatic rings. The largest absolute Gasteiger partial charge is 0.361 e. The number of likely N-dealkylation sites (N-methyl/N-ethyl adjacent to an activating group) is 1. The molecule has 0 aliphatic carbocycles. The highest BCUT2D eigenvalue weighted by Crippen LogP contribution is 2.24. The summed E-state index contributed by atoms with van der Waals surface area (Å²) in [6.07, 6.45) is 0. The fourth-order valence-electron chi connectivity index (χ4n) is 2.90. The number of hydrogen-bond donors (Lipinski definition) is 1. The molecule has 1 aromatic carbocycles. The number of hydrogen-bond acceptors (Lipinski definition) is 6. The summed E-state index contributed by atoms with van der Waals surface area (Å²) in [6.45, 7) is 5.81. The van der Waals surface area contributed by atoms with Gasteiger partial charge in [-0.1, -0.05) is 31.1 Å². The number of sulfonamides is 1. The lowest BCUT2D eigenvalue weighted by atomic mass is 10.0. The number of aryl methyl sites for hydroxylation is 1. The second-order valence-corrected chi connectivity index (χ2v) is 8.54. The summed E-state index contributed by atoms with van der Waals surface area (Å²) < 4.78 is 32.0. The van der Waals surface area contributed by atoms with Gasteiger partial charge in [-0.25, -0.2) is 8.42 Å². The van der Waals surface area contributed by atoms with Crippen LogP contribution in [0.1, 0.15) is 30.9 Å². The number of fused-ring (bicyclic) bond motifs is 1. The first-order valence-electron chi connectivity index (χ1n) is 8.56. The standard InChI is InChI=1S/C18H22N4O4S/c1-11(2)16(18(23)22(4)10-13-9-12(3)26-20-13)19-17-14-7-5-6-8-15(14)27(24,25)21-17/h5-9,11,16H,10H2,1-4H3,(H,19,21)/t16-/m0/s1. The molecule has 1 aliphatic rings. The van der Waals surface area contributed by atoms with Gasteiger partial charge in [-0.15, -0.1) is 0 Å². The number of aromatic nitrogens is 1. The normalized spacial score (nSPS) is 17.6. The van der Waals surface area contributed by atoms with Crippen LogP contribution in [0.3, 0.4) is 0 Å². The van der Waals surface area contributed by atoms with Crippen LogP contribution in [-0.4, -0.2) is 43.3 Å². The average molecular weight is 390 g/mol. The SMILES string of the molecule is Cc1cc(CN(C)C(=O)[C@@H](N=C2NS(=O)(=O)c3ccccc32)C(C)C)no1. The molecule has 3 rings (SSSR count). The van der Waals surface area contributed by atoms with Crippen molar-refractivity contribution < 1.29 is 17.7 Å². The van der Waals surface area contributed by atoms with Crippen LogP contribution in [0.4, 0.5) is 0 Å². The topological polar surface area (TPSA) is 105 Å². The molecule has 8 nitrogen and oxygen atoms in total. The second-order valence-electron chi connectivity index (χ2n) is 6.89. The molecule has 0 spiro atoms. The summed E-state index contributed by atoms with van der Waals surface area (Å²) in [5.74, 6) is 0.525. The number of carbonyl (C=O) groups excluding carboxylic acids is 1. The van der Waals surface area contributed by atoms with E-state index in [4.69, 9.17) is 4.52 Å². The minimum Gasteiger partial charge on any atom is -0.361 e. The third-order valence-electron chi connectivity index (χ3n) is 4.27. The molecule has 0 unspecified atom stereocenters. The molecule has 0 saturated heterocycles. The van der Waals surface area contributed by atoms with Gasteiger partial charge >= 0.3 is 0 Å². The third-order valence-corrected chi connectivity index (χ3v) is 5.66. The molecule has 1 N–H and O–H groups in total. The van der Waals surface area contributed by atoms with Gasteiger partial charge in [-0.2, -0.15) is 0 Å². The van der Waals surface area contributed by atoms with Crippen LogP contribution < -0.4 is 4.72 Å². The van der Waals surface area contributed by atoms with E-state index < -0.39 is 16.1 Å². The van der Waals surface area contributed by atoms with Crippen LogP contribution in [0.5, 0.6) is 0 Å². The molecule has 0 saturated carbocycles. The fraction of sp³-hybridized carbons (Fsp3) is 0.389. The Morgan fingerprint density at radius 3 is 2.67 bits per heavy atom. The van der Waals surface area contributed by atoms with Crippen LogP contribution in [0.25, 0.3) is 0 Å². The molecular weight excluding hydrogens is 368 g/mol. The number of carbonyl (C=O) groups is 1. The first kappa shape index (κ1) is 19.1. The monoisotopic (exact) mass is 390 g/mol. The lowest BCUT2D eigenvalue weighted by molar-refractivity contribution is -0.132. The number of aliphatic imine (C=N–C) groups is 1. The Balaban J connectivity index is 1.88. The van der Waals surface area contributed by atoms with Gasteiger partial charge in [0.15, 0.2) is 0 Å². The van der Waals surface area contributed by atoms with Gasteiger partial charge in [0.1, 0.15) is 23.3 Å². The predicted molar refractivity (Wildman–Crippen MR) is 99.6 cm³/mol. The fourth-order valence-corrected chi connectivity index (χ4v) is 4.14. The van der Waals surface area contributed by atoms with Crippen molar-refractivity contribution in [3.8, 4) is 0 Å². The highest BCUT2D eigenvalue weighted by atomic mass is 32.2. The Kier molecular flexibility index (Phi) is 5.05. The van der Waals surface area contributed by atoms with Crippen molar-refractivity contribution in [2.45, 2.75) is 38.3 Å². The first-order valence-corrected chi connectivity index (χ1v) is 10.0. The Labute approximate surface area is 158 Å². The van der Waals surface area contributed by atoms with Gasteiger partial charge < -0.3 is 9.42 Å². The van der Waals surface area contributed by atoms with E-state index in [0.717, 1.165) is 0 Å². The third kappa shape index (κ3) is 3.87. The van der Waals surface area contributed by atoms with Crippen LogP contribution >= 0.6 is 0 Å². The van der Waals surface area contributed by atoms with E-state index in [2.05, 4.69) is 14.9 Å². The minimum atomic E-state index is -3.65. The van der Waals surface area contributed by atoms with Gasteiger partial charge in [0.05, 0.1) is 11.4 Å². The van der Waals surface area contributed by atoms with E-state index in [1.165, 1.54) is 11.0 Å². The number of rotatable bonds is 5. The molecule has 27 heavy (non-hydrogen) atoms. The van der Waals surface area contributed by atoms with Crippen LogP contribution in [-0.2, 0) is 21.4 Å². The van der Waals surface area contributed by atoms with Crippen molar-refractivity contribution in [2.75, 3.05) is 7.05 Å². The summed E-state index contributed by atoms with van der Waals surface area (Å²) in [5, 5.41) is 3.90. The van der Waals surface area contributed by atoms with E-state index in [9.17, 15) is 13.2 Å². The summed E-state index contributed by atoms with van der Waals surface area (Å²) in [5.41, 5.74) is 1.12. The maximum Gasteiger partial charge on any atom is 0.263 e. The first-order chi connectivity index (χ1) is 12.7. The number of benzene rings is 1. The molecule has 0 fully saturated rings. The summed E-state index contributed by atoms with van der Waals surface area (Å²) >= 11 is 0. The average Bonchev–Trinajstić information content (AvgIpc) is 3.12. The second kappa shape index (κ2) is 7.15. The van der Waals surface area contributed by atoms with Gasteiger partial charge in [-0.3, -0.25) is 14.5 Å². The maximum atomic E-state index is 12.9. The molecule has 1 aromatic heterocycles.